The zero-order chi connectivity index (χ0) is 16.1. The fourth-order valence-electron chi connectivity index (χ4n) is 3.69. The van der Waals surface area contributed by atoms with Gasteiger partial charge >= 0.3 is 5.97 Å². The van der Waals surface area contributed by atoms with Crippen LogP contribution in [0.3, 0.4) is 0 Å². The van der Waals surface area contributed by atoms with Crippen LogP contribution >= 0.6 is 0 Å². The molecule has 2 N–H and O–H groups in total. The number of carboxylic acid groups (broad SMARTS) is 1. The first kappa shape index (κ1) is 16.0. The van der Waals surface area contributed by atoms with Gasteiger partial charge in [-0.2, -0.15) is 0 Å². The van der Waals surface area contributed by atoms with E-state index in [-0.39, 0.29) is 0 Å². The van der Waals surface area contributed by atoms with Crippen LogP contribution in [0.25, 0.3) is 6.08 Å². The zero-order valence-electron chi connectivity index (χ0n) is 13.4. The molecule has 0 spiro atoms. The molecule has 1 saturated carbocycles. The second-order valence-corrected chi connectivity index (χ2v) is 6.57. The first-order valence-corrected chi connectivity index (χ1v) is 8.58. The number of hydrogen-bond donors (Lipinski definition) is 2. The highest BCUT2D eigenvalue weighted by molar-refractivity contribution is 5.85. The lowest BCUT2D eigenvalue weighted by atomic mass is 10.0. The Kier molecular flexibility index (Phi) is 5.28. The highest BCUT2D eigenvalue weighted by Crippen LogP contribution is 2.26. The van der Waals surface area contributed by atoms with Gasteiger partial charge in [0.05, 0.1) is 0 Å². The second-order valence-electron chi connectivity index (χ2n) is 6.57. The van der Waals surface area contributed by atoms with Crippen LogP contribution < -0.4 is 5.32 Å². The number of aliphatic carboxylic acids is 1. The van der Waals surface area contributed by atoms with Crippen molar-refractivity contribution in [2.45, 2.75) is 50.6 Å². The minimum atomic E-state index is -0.943. The predicted molar refractivity (Wildman–Crippen MR) is 91.4 cm³/mol. The summed E-state index contributed by atoms with van der Waals surface area (Å²) in [5.41, 5.74) is 0.800. The number of pyridine rings is 1. The fraction of sp³-hybridized carbons (Fsp3) is 0.556. The van der Waals surface area contributed by atoms with Gasteiger partial charge < -0.3 is 10.4 Å². The topological polar surface area (TPSA) is 65.5 Å². The lowest BCUT2D eigenvalue weighted by molar-refractivity contribution is -0.131. The number of aromatic nitrogens is 1. The van der Waals surface area contributed by atoms with Crippen molar-refractivity contribution in [1.82, 2.24) is 9.88 Å². The Morgan fingerprint density at radius 2 is 2.09 bits per heavy atom. The van der Waals surface area contributed by atoms with E-state index in [4.69, 9.17) is 5.11 Å². The van der Waals surface area contributed by atoms with Crippen molar-refractivity contribution >= 4 is 17.9 Å². The van der Waals surface area contributed by atoms with Crippen molar-refractivity contribution in [3.63, 3.8) is 0 Å². The lowest BCUT2D eigenvalue weighted by Crippen LogP contribution is -2.46. The summed E-state index contributed by atoms with van der Waals surface area (Å²) in [5.74, 6) is -0.0721. The quantitative estimate of drug-likeness (QED) is 0.818. The number of hydrogen-bond acceptors (Lipinski definition) is 4. The smallest absolute Gasteiger partial charge is 0.328 e. The number of carbonyl (C=O) groups is 1. The highest BCUT2D eigenvalue weighted by atomic mass is 16.4. The molecule has 1 aromatic rings. The Balaban J connectivity index is 1.55. The van der Waals surface area contributed by atoms with Gasteiger partial charge in [0.25, 0.3) is 0 Å². The molecule has 0 radical (unpaired) electrons. The summed E-state index contributed by atoms with van der Waals surface area (Å²) < 4.78 is 0. The zero-order valence-corrected chi connectivity index (χ0v) is 13.4. The van der Waals surface area contributed by atoms with Crippen molar-refractivity contribution in [2.24, 2.45) is 0 Å². The molecular weight excluding hydrogens is 290 g/mol. The minimum absolute atomic E-state index is 0.456. The van der Waals surface area contributed by atoms with Gasteiger partial charge in [-0.05, 0) is 56.0 Å². The average Bonchev–Trinajstić information content (AvgIpc) is 3.09. The minimum Gasteiger partial charge on any atom is -0.478 e. The van der Waals surface area contributed by atoms with E-state index < -0.39 is 5.97 Å². The van der Waals surface area contributed by atoms with Crippen LogP contribution in [0.4, 0.5) is 5.82 Å². The number of likely N-dealkylation sites (tertiary alicyclic amines) is 1. The van der Waals surface area contributed by atoms with Gasteiger partial charge in [0, 0.05) is 30.9 Å². The Labute approximate surface area is 137 Å². The molecule has 0 unspecified atom stereocenters. The van der Waals surface area contributed by atoms with Gasteiger partial charge in [-0.3, -0.25) is 4.90 Å². The first-order chi connectivity index (χ1) is 11.2. The van der Waals surface area contributed by atoms with Gasteiger partial charge in [0.2, 0.25) is 0 Å². The third-order valence-electron chi connectivity index (χ3n) is 4.85. The summed E-state index contributed by atoms with van der Waals surface area (Å²) in [6, 6.07) is 5.07. The van der Waals surface area contributed by atoms with E-state index in [1.54, 1.807) is 12.3 Å². The van der Waals surface area contributed by atoms with Crippen molar-refractivity contribution < 1.29 is 9.90 Å². The summed E-state index contributed by atoms with van der Waals surface area (Å²) in [6.07, 6.45) is 12.3. The van der Waals surface area contributed by atoms with E-state index in [0.29, 0.717) is 6.04 Å². The molecule has 0 bridgehead atoms. The van der Waals surface area contributed by atoms with Crippen molar-refractivity contribution in [3.05, 3.63) is 30.0 Å². The fourth-order valence-corrected chi connectivity index (χ4v) is 3.69. The molecule has 1 aromatic heterocycles. The Bertz CT molecular complexity index is 550. The van der Waals surface area contributed by atoms with Gasteiger partial charge in [-0.25, -0.2) is 9.78 Å². The average molecular weight is 315 g/mol. The molecule has 1 aliphatic carbocycles. The Hall–Kier alpha value is -1.88. The van der Waals surface area contributed by atoms with E-state index in [2.05, 4.69) is 15.2 Å². The molecule has 5 nitrogen and oxygen atoms in total. The van der Waals surface area contributed by atoms with Crippen LogP contribution in [0.15, 0.2) is 24.4 Å². The summed E-state index contributed by atoms with van der Waals surface area (Å²) in [4.78, 5) is 17.6. The van der Waals surface area contributed by atoms with Crippen LogP contribution in [0.1, 0.15) is 44.1 Å². The Morgan fingerprint density at radius 1 is 1.26 bits per heavy atom. The maximum Gasteiger partial charge on any atom is 0.328 e. The molecule has 124 valence electrons. The summed E-state index contributed by atoms with van der Waals surface area (Å²) >= 11 is 0. The molecule has 1 atom stereocenters. The lowest BCUT2D eigenvalue weighted by Gasteiger charge is -2.37. The van der Waals surface area contributed by atoms with E-state index in [0.717, 1.165) is 30.0 Å². The molecule has 0 amide bonds. The molecule has 1 aliphatic heterocycles. The van der Waals surface area contributed by atoms with Crippen molar-refractivity contribution in [3.8, 4) is 0 Å². The summed E-state index contributed by atoms with van der Waals surface area (Å²) in [7, 11) is 0. The number of piperidine rings is 1. The molecule has 23 heavy (non-hydrogen) atoms. The summed E-state index contributed by atoms with van der Waals surface area (Å²) in [6.45, 7) is 2.34. The van der Waals surface area contributed by atoms with Crippen LogP contribution in [-0.2, 0) is 4.79 Å². The molecule has 3 rings (SSSR count). The predicted octanol–water partition coefficient (Wildman–Crippen LogP) is 3.00. The SMILES string of the molecule is O=C(O)C=Cc1ccc(N[C@@H]2CCCN(C3CCCC3)C2)nc1. The van der Waals surface area contributed by atoms with E-state index >= 15 is 0 Å². The van der Waals surface area contributed by atoms with E-state index in [1.165, 1.54) is 45.1 Å². The highest BCUT2D eigenvalue weighted by Gasteiger charge is 2.27. The number of carboxylic acids is 1. The monoisotopic (exact) mass is 315 g/mol. The first-order valence-electron chi connectivity index (χ1n) is 8.58. The van der Waals surface area contributed by atoms with Gasteiger partial charge in [0.1, 0.15) is 5.82 Å². The van der Waals surface area contributed by atoms with Crippen LogP contribution in [0, 0.1) is 0 Å². The largest absolute Gasteiger partial charge is 0.478 e. The van der Waals surface area contributed by atoms with Crippen molar-refractivity contribution in [1.29, 1.82) is 0 Å². The molecule has 1 saturated heterocycles. The number of rotatable bonds is 5. The third-order valence-corrected chi connectivity index (χ3v) is 4.85. The molecule has 2 aliphatic rings. The molecule has 0 aromatic carbocycles. The number of nitrogens with zero attached hydrogens (tertiary/aromatic N) is 2. The van der Waals surface area contributed by atoms with Crippen LogP contribution in [0.5, 0.6) is 0 Å². The van der Waals surface area contributed by atoms with E-state index in [1.807, 2.05) is 12.1 Å². The van der Waals surface area contributed by atoms with Crippen molar-refractivity contribution in [2.75, 3.05) is 18.4 Å². The van der Waals surface area contributed by atoms with Gasteiger partial charge in [-0.15, -0.1) is 0 Å². The van der Waals surface area contributed by atoms with Gasteiger partial charge in [-0.1, -0.05) is 12.8 Å². The second kappa shape index (κ2) is 7.59. The van der Waals surface area contributed by atoms with Crippen LogP contribution in [0.2, 0.25) is 0 Å². The summed E-state index contributed by atoms with van der Waals surface area (Å²) in [5, 5.41) is 12.2. The Morgan fingerprint density at radius 3 is 2.78 bits per heavy atom. The normalized spacial score (nSPS) is 23.4. The maximum absolute atomic E-state index is 10.5. The van der Waals surface area contributed by atoms with Crippen LogP contribution in [-0.4, -0.2) is 46.1 Å². The standard InChI is InChI=1S/C18H25N3O2/c22-18(23)10-8-14-7-9-17(19-12-14)20-15-4-3-11-21(13-15)16-5-1-2-6-16/h7-10,12,15-16H,1-6,11,13H2,(H,19,20)(H,22,23)/t15-/m1/s1. The number of anilines is 1. The maximum atomic E-state index is 10.5. The third kappa shape index (κ3) is 4.55. The molecule has 2 heterocycles. The number of nitrogens with one attached hydrogen (secondary N) is 1. The van der Waals surface area contributed by atoms with E-state index in [9.17, 15) is 4.79 Å². The molecular formula is C18H25N3O2. The van der Waals surface area contributed by atoms with Gasteiger partial charge in [0.15, 0.2) is 0 Å². The molecule has 5 heteroatoms. The molecule has 2 fully saturated rings.